The van der Waals surface area contributed by atoms with Gasteiger partial charge in [-0.2, -0.15) is 0 Å². The number of hydrogen-bond acceptors (Lipinski definition) is 7. The first kappa shape index (κ1) is 13.6. The van der Waals surface area contributed by atoms with Crippen molar-refractivity contribution in [2.45, 2.75) is 24.5 Å². The highest BCUT2D eigenvalue weighted by atomic mass is 32.1. The number of ether oxygens (including phenoxy) is 1. The fourth-order valence-corrected chi connectivity index (χ4v) is 2.75. The normalized spacial score (nSPS) is 30.1. The quantitative estimate of drug-likeness (QED) is 0.556. The monoisotopic (exact) mass is 297 g/mol. The van der Waals surface area contributed by atoms with Gasteiger partial charge in [0.2, 0.25) is 0 Å². The smallest absolute Gasteiger partial charge is 0.164 e. The Morgan fingerprint density at radius 2 is 2.35 bits per heavy atom. The maximum Gasteiger partial charge on any atom is 0.164 e. The van der Waals surface area contributed by atoms with E-state index in [0.717, 1.165) is 0 Å². The average Bonchev–Trinajstić information content (AvgIpc) is 3.00. The molecule has 0 radical (unpaired) electrons. The third-order valence-electron chi connectivity index (χ3n) is 3.54. The van der Waals surface area contributed by atoms with Crippen LogP contribution in [0.5, 0.6) is 0 Å². The van der Waals surface area contributed by atoms with E-state index in [-0.39, 0.29) is 12.6 Å². The number of nitrogens with zero attached hydrogens (tertiary/aromatic N) is 3. The van der Waals surface area contributed by atoms with Crippen LogP contribution >= 0.6 is 12.2 Å². The van der Waals surface area contributed by atoms with Crippen LogP contribution in [-0.2, 0) is 4.74 Å². The first-order chi connectivity index (χ1) is 9.67. The van der Waals surface area contributed by atoms with Gasteiger partial charge in [-0.3, -0.25) is 4.57 Å². The summed E-state index contributed by atoms with van der Waals surface area (Å²) < 4.78 is 7.75. The van der Waals surface area contributed by atoms with Gasteiger partial charge in [0.05, 0.1) is 25.3 Å². The van der Waals surface area contributed by atoms with Crippen molar-refractivity contribution in [3.05, 3.63) is 17.3 Å². The molecule has 2 aromatic heterocycles. The van der Waals surface area contributed by atoms with E-state index in [1.54, 1.807) is 17.9 Å². The molecular formula is C11H15N5O3S. The number of imidazole rings is 1. The largest absolute Gasteiger partial charge is 0.394 e. The number of hydrogen-bond donors (Lipinski definition) is 4. The molecule has 1 aliphatic heterocycles. The van der Waals surface area contributed by atoms with Crippen LogP contribution in [-0.4, -0.2) is 61.6 Å². The zero-order chi connectivity index (χ0) is 14.3. The molecule has 4 atom stereocenters. The maximum absolute atomic E-state index is 10.3. The molecular weight excluding hydrogens is 282 g/mol. The molecule has 3 heterocycles. The number of H-pyrrole nitrogens is 1. The second-order valence-electron chi connectivity index (χ2n) is 4.61. The van der Waals surface area contributed by atoms with Gasteiger partial charge in [-0.15, -0.1) is 0 Å². The van der Waals surface area contributed by atoms with E-state index in [2.05, 4.69) is 20.3 Å². The van der Waals surface area contributed by atoms with Crippen LogP contribution in [0, 0.1) is 4.64 Å². The highest BCUT2D eigenvalue weighted by Crippen LogP contribution is 2.30. The molecule has 20 heavy (non-hydrogen) atoms. The molecule has 0 bridgehead atoms. The fourth-order valence-electron chi connectivity index (χ4n) is 2.55. The van der Waals surface area contributed by atoms with E-state index < -0.39 is 18.4 Å². The highest BCUT2D eigenvalue weighted by Gasteiger charge is 2.43. The Labute approximate surface area is 119 Å². The SMILES string of the molecule is CN[C@H]1[C@@H](O)[C@@H](n2cnc3c(=S)nc[nH]c32)O[C@@H]1CO. The predicted molar refractivity (Wildman–Crippen MR) is 72.6 cm³/mol. The Bertz CT molecular complexity index is 671. The Morgan fingerprint density at radius 1 is 1.55 bits per heavy atom. The molecule has 0 saturated carbocycles. The van der Waals surface area contributed by atoms with Crippen molar-refractivity contribution >= 4 is 23.4 Å². The van der Waals surface area contributed by atoms with Crippen LogP contribution in [0.15, 0.2) is 12.7 Å². The summed E-state index contributed by atoms with van der Waals surface area (Å²) in [5.41, 5.74) is 1.18. The molecule has 4 N–H and O–H groups in total. The van der Waals surface area contributed by atoms with Crippen molar-refractivity contribution in [1.82, 2.24) is 24.8 Å². The van der Waals surface area contributed by atoms with E-state index in [1.165, 1.54) is 6.33 Å². The number of rotatable bonds is 3. The zero-order valence-electron chi connectivity index (χ0n) is 10.7. The Kier molecular flexibility index (Phi) is 3.52. The molecule has 1 fully saturated rings. The Balaban J connectivity index is 2.04. The summed E-state index contributed by atoms with van der Waals surface area (Å²) in [6.45, 7) is -0.177. The van der Waals surface area contributed by atoms with Gasteiger partial charge in [0.1, 0.15) is 23.4 Å². The van der Waals surface area contributed by atoms with E-state index in [9.17, 15) is 10.2 Å². The Morgan fingerprint density at radius 3 is 3.00 bits per heavy atom. The summed E-state index contributed by atoms with van der Waals surface area (Å²) in [6.07, 6.45) is 1.07. The lowest BCUT2D eigenvalue weighted by Gasteiger charge is -2.18. The molecule has 2 aromatic rings. The van der Waals surface area contributed by atoms with Crippen LogP contribution < -0.4 is 5.32 Å². The molecule has 0 aliphatic carbocycles. The first-order valence-electron chi connectivity index (χ1n) is 6.19. The minimum Gasteiger partial charge on any atom is -0.394 e. The van der Waals surface area contributed by atoms with Gasteiger partial charge in [-0.1, -0.05) is 12.2 Å². The summed E-state index contributed by atoms with van der Waals surface area (Å²) in [6, 6.07) is -0.354. The van der Waals surface area contributed by atoms with Gasteiger partial charge >= 0.3 is 0 Å². The number of aromatic amines is 1. The molecule has 0 aromatic carbocycles. The summed E-state index contributed by atoms with van der Waals surface area (Å²) in [4.78, 5) is 11.1. The number of aliphatic hydroxyl groups is 2. The lowest BCUT2D eigenvalue weighted by Crippen LogP contribution is -2.43. The molecule has 0 unspecified atom stereocenters. The van der Waals surface area contributed by atoms with E-state index in [4.69, 9.17) is 17.0 Å². The zero-order valence-corrected chi connectivity index (χ0v) is 11.5. The topological polar surface area (TPSA) is 108 Å². The molecule has 108 valence electrons. The molecule has 0 spiro atoms. The van der Waals surface area contributed by atoms with Crippen molar-refractivity contribution in [3.8, 4) is 0 Å². The highest BCUT2D eigenvalue weighted by molar-refractivity contribution is 7.71. The van der Waals surface area contributed by atoms with Crippen LogP contribution in [0.4, 0.5) is 0 Å². The van der Waals surface area contributed by atoms with Crippen molar-refractivity contribution < 1.29 is 14.9 Å². The van der Waals surface area contributed by atoms with Crippen LogP contribution in [0.3, 0.4) is 0 Å². The van der Waals surface area contributed by atoms with E-state index in [0.29, 0.717) is 15.8 Å². The number of fused-ring (bicyclic) bond motifs is 1. The van der Waals surface area contributed by atoms with Crippen molar-refractivity contribution in [2.24, 2.45) is 0 Å². The fraction of sp³-hybridized carbons (Fsp3) is 0.545. The molecule has 1 saturated heterocycles. The van der Waals surface area contributed by atoms with Crippen molar-refractivity contribution in [3.63, 3.8) is 0 Å². The number of aliphatic hydroxyl groups excluding tert-OH is 2. The van der Waals surface area contributed by atoms with Gasteiger partial charge in [0.15, 0.2) is 10.9 Å². The van der Waals surface area contributed by atoms with E-state index >= 15 is 0 Å². The van der Waals surface area contributed by atoms with Crippen molar-refractivity contribution in [2.75, 3.05) is 13.7 Å². The predicted octanol–water partition coefficient (Wildman–Crippen LogP) is -0.673. The van der Waals surface area contributed by atoms with Gasteiger partial charge in [0, 0.05) is 0 Å². The minimum absolute atomic E-state index is 0.177. The average molecular weight is 297 g/mol. The van der Waals surface area contributed by atoms with Crippen LogP contribution in [0.1, 0.15) is 6.23 Å². The molecule has 1 aliphatic rings. The molecule has 8 nitrogen and oxygen atoms in total. The lowest BCUT2D eigenvalue weighted by atomic mass is 10.1. The van der Waals surface area contributed by atoms with Gasteiger partial charge < -0.3 is 25.3 Å². The van der Waals surface area contributed by atoms with Crippen molar-refractivity contribution in [1.29, 1.82) is 0 Å². The van der Waals surface area contributed by atoms with Crippen LogP contribution in [0.25, 0.3) is 11.2 Å². The number of nitrogens with one attached hydrogen (secondary N) is 2. The number of likely N-dealkylation sites (N-methyl/N-ethyl adjacent to an activating group) is 1. The van der Waals surface area contributed by atoms with Crippen LogP contribution in [0.2, 0.25) is 0 Å². The van der Waals surface area contributed by atoms with Gasteiger partial charge in [0.25, 0.3) is 0 Å². The molecule has 3 rings (SSSR count). The molecule has 0 amide bonds. The van der Waals surface area contributed by atoms with Gasteiger partial charge in [-0.25, -0.2) is 9.97 Å². The summed E-state index contributed by atoms with van der Waals surface area (Å²) in [5.74, 6) is 0. The summed E-state index contributed by atoms with van der Waals surface area (Å²) in [7, 11) is 1.71. The third-order valence-corrected chi connectivity index (χ3v) is 3.84. The lowest BCUT2D eigenvalue weighted by molar-refractivity contribution is -0.0489. The summed E-state index contributed by atoms with van der Waals surface area (Å²) >= 11 is 5.10. The first-order valence-corrected chi connectivity index (χ1v) is 6.60. The van der Waals surface area contributed by atoms with E-state index in [1.807, 2.05) is 0 Å². The number of aromatic nitrogens is 4. The summed E-state index contributed by atoms with van der Waals surface area (Å²) in [5, 5.41) is 22.6. The second kappa shape index (κ2) is 5.19. The molecule has 9 heteroatoms. The second-order valence-corrected chi connectivity index (χ2v) is 5.00. The minimum atomic E-state index is -0.815. The Hall–Kier alpha value is -1.39. The third kappa shape index (κ3) is 1.95. The standard InChI is InChI=1S/C11H15N5O3S/c1-12-6-5(2-17)19-11(8(6)18)16-4-15-7-9(16)13-3-14-10(7)20/h3-6,8,11-12,17-18H,2H2,1H3,(H,13,14,20)/t5-,6-,8-,11+/m1/s1. The maximum atomic E-state index is 10.3. The van der Waals surface area contributed by atoms with Gasteiger partial charge in [-0.05, 0) is 7.05 Å².